The number of hydrogen-bond donors (Lipinski definition) is 1. The Labute approximate surface area is 114 Å². The highest BCUT2D eigenvalue weighted by Gasteiger charge is 2.26. The molecule has 0 bridgehead atoms. The van der Waals surface area contributed by atoms with Crippen LogP contribution in [0.3, 0.4) is 0 Å². The minimum absolute atomic E-state index is 0.0699. The van der Waals surface area contributed by atoms with Crippen molar-refractivity contribution in [3.63, 3.8) is 0 Å². The summed E-state index contributed by atoms with van der Waals surface area (Å²) in [6.07, 6.45) is 4.29. The molecule has 0 aliphatic heterocycles. The molecule has 0 saturated heterocycles. The molecule has 4 nitrogen and oxygen atoms in total. The number of allylic oxidation sites excluding steroid dienone is 1. The maximum absolute atomic E-state index is 9.26. The topological polar surface area (TPSA) is 51.6 Å². The van der Waals surface area contributed by atoms with Gasteiger partial charge >= 0.3 is 0 Å². The molecule has 104 valence electrons. The zero-order valence-electron chi connectivity index (χ0n) is 11.6. The van der Waals surface area contributed by atoms with Gasteiger partial charge in [0.1, 0.15) is 17.6 Å². The molecule has 1 aliphatic rings. The predicted octanol–water partition coefficient (Wildman–Crippen LogP) is 2.82. The number of aromatic hydroxyl groups is 1. The minimum atomic E-state index is -0.0699. The standard InChI is InChI=1S/C15H21NO3/c1-3-18-14(15(19-4-2)11-5-6-11)9-12-7-8-13(17)10-16-12/h7-8,10,14,17H,3-6,9H2,1-2H3. The smallest absolute Gasteiger partial charge is 0.133 e. The van der Waals surface area contributed by atoms with Crippen molar-refractivity contribution >= 4 is 0 Å². The van der Waals surface area contributed by atoms with Crippen molar-refractivity contribution in [2.45, 2.75) is 39.2 Å². The Morgan fingerprint density at radius 1 is 1.32 bits per heavy atom. The molecule has 1 saturated carbocycles. The van der Waals surface area contributed by atoms with Crippen LogP contribution < -0.4 is 0 Å². The maximum Gasteiger partial charge on any atom is 0.133 e. The molecule has 0 spiro atoms. The number of hydrogen-bond acceptors (Lipinski definition) is 4. The van der Waals surface area contributed by atoms with E-state index in [-0.39, 0.29) is 11.9 Å². The molecule has 1 heterocycles. The Morgan fingerprint density at radius 2 is 2.11 bits per heavy atom. The number of rotatable bonds is 7. The van der Waals surface area contributed by atoms with Gasteiger partial charge < -0.3 is 14.6 Å². The van der Waals surface area contributed by atoms with Crippen LogP contribution in [-0.2, 0) is 15.9 Å². The van der Waals surface area contributed by atoms with E-state index in [9.17, 15) is 5.11 Å². The Bertz CT molecular complexity index is 433. The van der Waals surface area contributed by atoms with E-state index in [0.717, 1.165) is 24.3 Å². The highest BCUT2D eigenvalue weighted by Crippen LogP contribution is 2.35. The van der Waals surface area contributed by atoms with Crippen LogP contribution in [-0.4, -0.2) is 29.4 Å². The second-order valence-corrected chi connectivity index (χ2v) is 4.56. The van der Waals surface area contributed by atoms with Crippen LogP contribution in [0.5, 0.6) is 5.75 Å². The molecule has 1 aromatic heterocycles. The molecule has 1 fully saturated rings. The van der Waals surface area contributed by atoms with E-state index < -0.39 is 0 Å². The summed E-state index contributed by atoms with van der Waals surface area (Å²) in [5.74, 6) is 1.17. The molecule has 0 amide bonds. The van der Waals surface area contributed by atoms with Gasteiger partial charge in [0, 0.05) is 18.7 Å². The first-order valence-corrected chi connectivity index (χ1v) is 6.84. The highest BCUT2D eigenvalue weighted by atomic mass is 16.5. The maximum atomic E-state index is 9.26. The lowest BCUT2D eigenvalue weighted by atomic mass is 10.1. The van der Waals surface area contributed by atoms with Crippen LogP contribution >= 0.6 is 0 Å². The Kier molecular flexibility index (Phi) is 4.80. The summed E-state index contributed by atoms with van der Waals surface area (Å²) in [5, 5.41) is 9.26. The second kappa shape index (κ2) is 6.57. The summed E-state index contributed by atoms with van der Waals surface area (Å²) < 4.78 is 11.6. The van der Waals surface area contributed by atoms with Crippen molar-refractivity contribution in [1.82, 2.24) is 4.98 Å². The van der Waals surface area contributed by atoms with E-state index in [1.54, 1.807) is 6.07 Å². The van der Waals surface area contributed by atoms with E-state index in [1.165, 1.54) is 11.8 Å². The SMILES string of the molecule is CCOC(=C1CC1)C(Cc1ccc(O)cn1)OCC. The van der Waals surface area contributed by atoms with Crippen molar-refractivity contribution < 1.29 is 14.6 Å². The van der Waals surface area contributed by atoms with E-state index in [1.807, 2.05) is 19.9 Å². The second-order valence-electron chi connectivity index (χ2n) is 4.56. The summed E-state index contributed by atoms with van der Waals surface area (Å²) >= 11 is 0. The van der Waals surface area contributed by atoms with Crippen LogP contribution in [0, 0.1) is 0 Å². The summed E-state index contributed by atoms with van der Waals surface area (Å²) in [4.78, 5) is 4.21. The van der Waals surface area contributed by atoms with E-state index in [0.29, 0.717) is 19.6 Å². The largest absolute Gasteiger partial charge is 0.506 e. The van der Waals surface area contributed by atoms with Crippen molar-refractivity contribution in [2.75, 3.05) is 13.2 Å². The quantitative estimate of drug-likeness (QED) is 0.769. The molecule has 1 unspecified atom stereocenters. The number of aromatic nitrogens is 1. The summed E-state index contributed by atoms with van der Waals surface area (Å²) in [5.41, 5.74) is 2.26. The molecule has 0 aromatic carbocycles. The average molecular weight is 263 g/mol. The fourth-order valence-corrected chi connectivity index (χ4v) is 2.04. The van der Waals surface area contributed by atoms with Crippen LogP contribution in [0.2, 0.25) is 0 Å². The lowest BCUT2D eigenvalue weighted by Crippen LogP contribution is -2.21. The third-order valence-corrected chi connectivity index (χ3v) is 3.01. The number of nitrogens with zero attached hydrogens (tertiary/aromatic N) is 1. The predicted molar refractivity (Wildman–Crippen MR) is 72.9 cm³/mol. The van der Waals surface area contributed by atoms with Gasteiger partial charge in [-0.25, -0.2) is 0 Å². The molecular formula is C15H21NO3. The van der Waals surface area contributed by atoms with Gasteiger partial charge in [0.05, 0.1) is 12.8 Å². The molecule has 19 heavy (non-hydrogen) atoms. The van der Waals surface area contributed by atoms with Crippen LogP contribution in [0.15, 0.2) is 29.7 Å². The van der Waals surface area contributed by atoms with E-state index >= 15 is 0 Å². The van der Waals surface area contributed by atoms with Gasteiger partial charge in [-0.15, -0.1) is 0 Å². The van der Waals surface area contributed by atoms with Gasteiger partial charge in [0.15, 0.2) is 0 Å². The number of ether oxygens (including phenoxy) is 2. The molecule has 1 aromatic rings. The first-order chi connectivity index (χ1) is 9.24. The van der Waals surface area contributed by atoms with Gasteiger partial charge in [-0.1, -0.05) is 0 Å². The lowest BCUT2D eigenvalue weighted by molar-refractivity contribution is 0.0375. The molecule has 1 aliphatic carbocycles. The van der Waals surface area contributed by atoms with Gasteiger partial charge in [-0.2, -0.15) is 0 Å². The molecule has 0 radical (unpaired) electrons. The highest BCUT2D eigenvalue weighted by molar-refractivity contribution is 5.26. The summed E-state index contributed by atoms with van der Waals surface area (Å²) in [7, 11) is 0. The molecule has 4 heteroatoms. The Balaban J connectivity index is 2.11. The van der Waals surface area contributed by atoms with Crippen LogP contribution in [0.4, 0.5) is 0 Å². The van der Waals surface area contributed by atoms with Gasteiger partial charge in [-0.3, -0.25) is 4.98 Å². The van der Waals surface area contributed by atoms with Crippen molar-refractivity contribution in [1.29, 1.82) is 0 Å². The Hall–Kier alpha value is -1.55. The first kappa shape index (κ1) is 13.9. The zero-order valence-corrected chi connectivity index (χ0v) is 11.6. The molecular weight excluding hydrogens is 242 g/mol. The van der Waals surface area contributed by atoms with Gasteiger partial charge in [0.25, 0.3) is 0 Å². The lowest BCUT2D eigenvalue weighted by Gasteiger charge is -2.20. The number of pyridine rings is 1. The van der Waals surface area contributed by atoms with Crippen LogP contribution in [0.25, 0.3) is 0 Å². The fourth-order valence-electron chi connectivity index (χ4n) is 2.04. The molecule has 2 rings (SSSR count). The monoisotopic (exact) mass is 263 g/mol. The normalized spacial score (nSPS) is 15.2. The van der Waals surface area contributed by atoms with E-state index in [2.05, 4.69) is 4.98 Å². The van der Waals surface area contributed by atoms with Crippen molar-refractivity contribution in [2.24, 2.45) is 0 Å². The molecule has 1 atom stereocenters. The summed E-state index contributed by atoms with van der Waals surface area (Å²) in [6, 6.07) is 3.47. The van der Waals surface area contributed by atoms with Gasteiger partial charge in [-0.05, 0) is 44.4 Å². The van der Waals surface area contributed by atoms with Gasteiger partial charge in [0.2, 0.25) is 0 Å². The average Bonchev–Trinajstić information content (AvgIpc) is 3.22. The van der Waals surface area contributed by atoms with Crippen molar-refractivity contribution in [3.05, 3.63) is 35.4 Å². The molecule has 1 N–H and O–H groups in total. The van der Waals surface area contributed by atoms with Crippen LogP contribution in [0.1, 0.15) is 32.4 Å². The Morgan fingerprint density at radius 3 is 2.63 bits per heavy atom. The van der Waals surface area contributed by atoms with Crippen molar-refractivity contribution in [3.8, 4) is 5.75 Å². The summed E-state index contributed by atoms with van der Waals surface area (Å²) in [6.45, 7) is 5.28. The van der Waals surface area contributed by atoms with E-state index in [4.69, 9.17) is 9.47 Å². The minimum Gasteiger partial charge on any atom is -0.506 e. The fraction of sp³-hybridized carbons (Fsp3) is 0.533. The zero-order chi connectivity index (χ0) is 13.7. The third kappa shape index (κ3) is 3.96. The first-order valence-electron chi connectivity index (χ1n) is 6.84. The third-order valence-electron chi connectivity index (χ3n) is 3.01.